The number of esters is 1. The highest BCUT2D eigenvalue weighted by Gasteiger charge is 2.30. The third-order valence-electron chi connectivity index (χ3n) is 3.15. The molecule has 0 saturated carbocycles. The van der Waals surface area contributed by atoms with E-state index in [2.05, 4.69) is 15.4 Å². The van der Waals surface area contributed by atoms with E-state index < -0.39 is 6.04 Å². The number of hydrogen-bond donors (Lipinski definition) is 2. The Hall–Kier alpha value is -1.89. The molecule has 1 saturated heterocycles. The van der Waals surface area contributed by atoms with Crippen LogP contribution in [0.2, 0.25) is 0 Å². The first kappa shape index (κ1) is 14.5. The number of rotatable bonds is 5. The van der Waals surface area contributed by atoms with Gasteiger partial charge in [0.1, 0.15) is 0 Å². The van der Waals surface area contributed by atoms with Gasteiger partial charge in [-0.25, -0.2) is 0 Å². The van der Waals surface area contributed by atoms with Gasteiger partial charge in [-0.05, 0) is 11.4 Å². The lowest BCUT2D eigenvalue weighted by Gasteiger charge is -2.18. The molecule has 1 fully saturated rings. The van der Waals surface area contributed by atoms with Gasteiger partial charge in [-0.15, -0.1) is 11.3 Å². The molecule has 0 aliphatic carbocycles. The molecule has 0 bridgehead atoms. The van der Waals surface area contributed by atoms with Crippen molar-refractivity contribution in [3.05, 3.63) is 22.4 Å². The van der Waals surface area contributed by atoms with Crippen molar-refractivity contribution >= 4 is 29.1 Å². The Kier molecular flexibility index (Phi) is 4.73. The van der Waals surface area contributed by atoms with Crippen LogP contribution >= 0.6 is 11.3 Å². The van der Waals surface area contributed by atoms with E-state index in [0.29, 0.717) is 6.54 Å². The van der Waals surface area contributed by atoms with Gasteiger partial charge in [-0.2, -0.15) is 0 Å². The summed E-state index contributed by atoms with van der Waals surface area (Å²) in [7, 11) is 1.31. The number of amides is 2. The summed E-state index contributed by atoms with van der Waals surface area (Å²) in [6, 6.07) is 3.30. The van der Waals surface area contributed by atoms with Crippen LogP contribution in [0.5, 0.6) is 0 Å². The maximum Gasteiger partial charge on any atom is 0.307 e. The SMILES string of the molecule is COC(=O)CC(NC(=O)C1CNC(=O)C1)c1cccs1. The van der Waals surface area contributed by atoms with Crippen LogP contribution in [0.3, 0.4) is 0 Å². The molecule has 1 aromatic rings. The van der Waals surface area contributed by atoms with E-state index in [1.54, 1.807) is 0 Å². The quantitative estimate of drug-likeness (QED) is 0.780. The Morgan fingerprint density at radius 3 is 2.95 bits per heavy atom. The van der Waals surface area contributed by atoms with Gasteiger partial charge in [-0.3, -0.25) is 14.4 Å². The summed E-state index contributed by atoms with van der Waals surface area (Å²) in [4.78, 5) is 35.6. The van der Waals surface area contributed by atoms with E-state index in [0.717, 1.165) is 4.88 Å². The van der Waals surface area contributed by atoms with Crippen LogP contribution in [0.1, 0.15) is 23.8 Å². The van der Waals surface area contributed by atoms with Crippen molar-refractivity contribution in [1.29, 1.82) is 0 Å². The van der Waals surface area contributed by atoms with Crippen LogP contribution in [-0.4, -0.2) is 31.4 Å². The van der Waals surface area contributed by atoms with Crippen molar-refractivity contribution in [3.8, 4) is 0 Å². The highest BCUT2D eigenvalue weighted by atomic mass is 32.1. The normalized spacial score (nSPS) is 19.2. The van der Waals surface area contributed by atoms with Crippen LogP contribution in [0.4, 0.5) is 0 Å². The summed E-state index contributed by atoms with van der Waals surface area (Å²) in [6.45, 7) is 0.347. The zero-order valence-electron chi connectivity index (χ0n) is 11.0. The number of thiophene rings is 1. The molecule has 1 aliphatic rings. The Labute approximate surface area is 120 Å². The summed E-state index contributed by atoms with van der Waals surface area (Å²) < 4.78 is 4.65. The molecular formula is C13H16N2O4S. The van der Waals surface area contributed by atoms with Crippen LogP contribution in [0.25, 0.3) is 0 Å². The fourth-order valence-electron chi connectivity index (χ4n) is 2.04. The Morgan fingerprint density at radius 2 is 2.40 bits per heavy atom. The smallest absolute Gasteiger partial charge is 0.307 e. The van der Waals surface area contributed by atoms with Crippen molar-refractivity contribution < 1.29 is 19.1 Å². The van der Waals surface area contributed by atoms with Gasteiger partial charge in [0.05, 0.1) is 25.5 Å². The lowest BCUT2D eigenvalue weighted by Crippen LogP contribution is -2.35. The molecule has 1 aromatic heterocycles. The predicted molar refractivity (Wildman–Crippen MR) is 73.0 cm³/mol. The van der Waals surface area contributed by atoms with Gasteiger partial charge >= 0.3 is 5.97 Å². The zero-order chi connectivity index (χ0) is 14.5. The fourth-order valence-corrected chi connectivity index (χ4v) is 2.82. The second-order valence-electron chi connectivity index (χ2n) is 4.56. The maximum absolute atomic E-state index is 12.1. The van der Waals surface area contributed by atoms with Crippen molar-refractivity contribution in [2.45, 2.75) is 18.9 Å². The number of nitrogens with one attached hydrogen (secondary N) is 2. The number of ether oxygens (including phenoxy) is 1. The van der Waals surface area contributed by atoms with E-state index in [1.165, 1.54) is 18.4 Å². The minimum atomic E-state index is -0.411. The molecule has 2 amide bonds. The van der Waals surface area contributed by atoms with E-state index >= 15 is 0 Å². The third kappa shape index (κ3) is 3.57. The van der Waals surface area contributed by atoms with E-state index in [4.69, 9.17) is 0 Å². The lowest BCUT2D eigenvalue weighted by atomic mass is 10.1. The van der Waals surface area contributed by atoms with Gasteiger partial charge in [0.25, 0.3) is 0 Å². The average Bonchev–Trinajstić information content (AvgIpc) is 3.08. The molecule has 0 spiro atoms. The minimum Gasteiger partial charge on any atom is -0.469 e. The first-order chi connectivity index (χ1) is 9.60. The van der Waals surface area contributed by atoms with Crippen LogP contribution in [0.15, 0.2) is 17.5 Å². The van der Waals surface area contributed by atoms with Gasteiger partial charge in [-0.1, -0.05) is 6.07 Å². The monoisotopic (exact) mass is 296 g/mol. The highest BCUT2D eigenvalue weighted by molar-refractivity contribution is 7.10. The summed E-state index contributed by atoms with van der Waals surface area (Å²) in [5.74, 6) is -1.09. The molecular weight excluding hydrogens is 280 g/mol. The first-order valence-corrected chi connectivity index (χ1v) is 7.15. The Bertz CT molecular complexity index is 500. The van der Waals surface area contributed by atoms with Crippen molar-refractivity contribution in [2.75, 3.05) is 13.7 Å². The molecule has 2 rings (SSSR count). The van der Waals surface area contributed by atoms with Gasteiger partial charge in [0, 0.05) is 17.8 Å². The maximum atomic E-state index is 12.1. The van der Waals surface area contributed by atoms with Gasteiger partial charge in [0.15, 0.2) is 0 Å². The largest absolute Gasteiger partial charge is 0.469 e. The predicted octanol–water partition coefficient (Wildman–Crippen LogP) is 0.605. The molecule has 1 aliphatic heterocycles. The van der Waals surface area contributed by atoms with Crippen LogP contribution in [-0.2, 0) is 19.1 Å². The molecule has 6 nitrogen and oxygen atoms in total. The number of carbonyl (C=O) groups is 3. The zero-order valence-corrected chi connectivity index (χ0v) is 11.9. The standard InChI is InChI=1S/C13H16N2O4S/c1-19-12(17)6-9(10-3-2-4-20-10)15-13(18)8-5-11(16)14-7-8/h2-4,8-9H,5-7H2,1H3,(H,14,16)(H,15,18). The van der Waals surface area contributed by atoms with Gasteiger partial charge < -0.3 is 15.4 Å². The third-order valence-corrected chi connectivity index (χ3v) is 4.14. The number of carbonyl (C=O) groups excluding carboxylic acids is 3. The molecule has 2 heterocycles. The molecule has 0 radical (unpaired) electrons. The number of methoxy groups -OCH3 is 1. The first-order valence-electron chi connectivity index (χ1n) is 6.27. The Balaban J connectivity index is 2.02. The van der Waals surface area contributed by atoms with Crippen LogP contribution in [0, 0.1) is 5.92 Å². The minimum absolute atomic E-state index is 0.0802. The fraction of sp³-hybridized carbons (Fsp3) is 0.462. The molecule has 108 valence electrons. The van der Waals surface area contributed by atoms with Crippen molar-refractivity contribution in [2.24, 2.45) is 5.92 Å². The molecule has 2 atom stereocenters. The van der Waals surface area contributed by atoms with Crippen LogP contribution < -0.4 is 10.6 Å². The van der Waals surface area contributed by atoms with E-state index in [-0.39, 0.29) is 36.5 Å². The molecule has 0 aromatic carbocycles. The van der Waals surface area contributed by atoms with E-state index in [9.17, 15) is 14.4 Å². The van der Waals surface area contributed by atoms with Gasteiger partial charge in [0.2, 0.25) is 11.8 Å². The molecule has 20 heavy (non-hydrogen) atoms. The summed E-state index contributed by atoms with van der Waals surface area (Å²) in [5.41, 5.74) is 0. The molecule has 2 unspecified atom stereocenters. The second-order valence-corrected chi connectivity index (χ2v) is 5.54. The summed E-state index contributed by atoms with van der Waals surface area (Å²) in [5, 5.41) is 7.33. The molecule has 2 N–H and O–H groups in total. The van der Waals surface area contributed by atoms with E-state index in [1.807, 2.05) is 17.5 Å². The van der Waals surface area contributed by atoms with Crippen molar-refractivity contribution in [3.63, 3.8) is 0 Å². The molecule has 7 heteroatoms. The topological polar surface area (TPSA) is 84.5 Å². The lowest BCUT2D eigenvalue weighted by molar-refractivity contribution is -0.141. The second kappa shape index (κ2) is 6.51. The van der Waals surface area contributed by atoms with Crippen molar-refractivity contribution in [1.82, 2.24) is 10.6 Å². The summed E-state index contributed by atoms with van der Waals surface area (Å²) in [6.07, 6.45) is 0.276. The average molecular weight is 296 g/mol. The highest BCUT2D eigenvalue weighted by Crippen LogP contribution is 2.23. The Morgan fingerprint density at radius 1 is 1.60 bits per heavy atom. The summed E-state index contributed by atoms with van der Waals surface area (Å²) >= 11 is 1.46. The number of hydrogen-bond acceptors (Lipinski definition) is 5.